The zero-order chi connectivity index (χ0) is 21.2. The molecular formula is C27H15N3O2. The summed E-state index contributed by atoms with van der Waals surface area (Å²) in [6, 6.07) is 27.4. The van der Waals surface area contributed by atoms with Crippen LogP contribution >= 0.6 is 0 Å². The highest BCUT2D eigenvalue weighted by molar-refractivity contribution is 6.18. The van der Waals surface area contributed by atoms with Crippen LogP contribution in [-0.2, 0) is 0 Å². The van der Waals surface area contributed by atoms with Gasteiger partial charge in [0, 0.05) is 27.3 Å². The Balaban J connectivity index is 1.55. The summed E-state index contributed by atoms with van der Waals surface area (Å²) in [6.07, 6.45) is 1.74. The van der Waals surface area contributed by atoms with Crippen molar-refractivity contribution in [1.82, 2.24) is 14.4 Å². The van der Waals surface area contributed by atoms with Crippen LogP contribution in [0.3, 0.4) is 0 Å². The van der Waals surface area contributed by atoms with Gasteiger partial charge in [0.25, 0.3) is 5.56 Å². The van der Waals surface area contributed by atoms with E-state index in [1.165, 1.54) is 0 Å². The third kappa shape index (κ3) is 2.25. The molecule has 3 heterocycles. The van der Waals surface area contributed by atoms with Gasteiger partial charge in [0.15, 0.2) is 5.76 Å². The van der Waals surface area contributed by atoms with Crippen molar-refractivity contribution in [2.75, 3.05) is 0 Å². The van der Waals surface area contributed by atoms with Gasteiger partial charge in [0.2, 0.25) is 5.89 Å². The molecule has 3 aromatic heterocycles. The van der Waals surface area contributed by atoms with E-state index in [4.69, 9.17) is 9.40 Å². The second kappa shape index (κ2) is 6.25. The first-order chi connectivity index (χ1) is 15.8. The second-order valence-electron chi connectivity index (χ2n) is 7.85. The summed E-state index contributed by atoms with van der Waals surface area (Å²) in [5.41, 5.74) is 4.05. The number of para-hydroxylation sites is 2. The third-order valence-corrected chi connectivity index (χ3v) is 6.07. The number of rotatable bonds is 2. The van der Waals surface area contributed by atoms with Gasteiger partial charge in [-0.15, -0.1) is 0 Å². The topological polar surface area (TPSA) is 60.4 Å². The lowest BCUT2D eigenvalue weighted by Gasteiger charge is -2.10. The smallest absolute Gasteiger partial charge is 0.264 e. The van der Waals surface area contributed by atoms with Crippen molar-refractivity contribution in [3.8, 4) is 22.8 Å². The summed E-state index contributed by atoms with van der Waals surface area (Å²) in [4.78, 5) is 22.8. The number of nitrogens with zero attached hydrogens (tertiary/aromatic N) is 3. The van der Waals surface area contributed by atoms with E-state index in [2.05, 4.69) is 4.98 Å². The van der Waals surface area contributed by atoms with Gasteiger partial charge in [-0.3, -0.25) is 9.20 Å². The average molecular weight is 413 g/mol. The molecule has 0 unspecified atom stereocenters. The van der Waals surface area contributed by atoms with Crippen LogP contribution in [-0.4, -0.2) is 14.4 Å². The van der Waals surface area contributed by atoms with E-state index < -0.39 is 0 Å². The second-order valence-corrected chi connectivity index (χ2v) is 7.85. The van der Waals surface area contributed by atoms with Crippen molar-refractivity contribution in [3.63, 3.8) is 0 Å². The molecule has 0 N–H and O–H groups in total. The van der Waals surface area contributed by atoms with Crippen LogP contribution in [0.1, 0.15) is 0 Å². The zero-order valence-corrected chi connectivity index (χ0v) is 16.8. The van der Waals surface area contributed by atoms with Crippen LogP contribution < -0.4 is 5.56 Å². The van der Waals surface area contributed by atoms with E-state index in [-0.39, 0.29) is 5.56 Å². The van der Waals surface area contributed by atoms with Crippen LogP contribution in [0.2, 0.25) is 0 Å². The molecule has 7 aromatic rings. The minimum atomic E-state index is -0.0682. The van der Waals surface area contributed by atoms with Gasteiger partial charge >= 0.3 is 0 Å². The molecule has 4 aromatic carbocycles. The quantitative estimate of drug-likeness (QED) is 0.353. The molecule has 0 radical (unpaired) electrons. The Hall–Kier alpha value is -4.51. The summed E-state index contributed by atoms with van der Waals surface area (Å²) in [5, 5.41) is 3.40. The highest BCUT2D eigenvalue weighted by Crippen LogP contribution is 2.36. The van der Waals surface area contributed by atoms with Crippen molar-refractivity contribution in [1.29, 1.82) is 0 Å². The molecule has 0 saturated carbocycles. The maximum atomic E-state index is 13.5. The predicted molar refractivity (Wildman–Crippen MR) is 126 cm³/mol. The fraction of sp³-hybridized carbons (Fsp3) is 0. The molecule has 0 saturated heterocycles. The maximum absolute atomic E-state index is 13.5. The van der Waals surface area contributed by atoms with Crippen molar-refractivity contribution < 1.29 is 4.42 Å². The summed E-state index contributed by atoms with van der Waals surface area (Å²) < 4.78 is 7.84. The summed E-state index contributed by atoms with van der Waals surface area (Å²) in [7, 11) is 0. The minimum absolute atomic E-state index is 0.0682. The van der Waals surface area contributed by atoms with Crippen LogP contribution in [0.4, 0.5) is 0 Å². The maximum Gasteiger partial charge on any atom is 0.264 e. The number of imidazole rings is 1. The number of hydrogen-bond donors (Lipinski definition) is 0. The van der Waals surface area contributed by atoms with Crippen LogP contribution in [0, 0.1) is 0 Å². The Kier molecular flexibility index (Phi) is 3.36. The SMILES string of the molecule is O=c1c2cccc3c(-c4ncc(-c5ccccc5)o4)ccc(c32)c2nc3ccccc3n12. The summed E-state index contributed by atoms with van der Waals surface area (Å²) >= 11 is 0. The molecule has 0 amide bonds. The van der Waals surface area contributed by atoms with Gasteiger partial charge in [-0.25, -0.2) is 9.97 Å². The molecule has 32 heavy (non-hydrogen) atoms. The Morgan fingerprint density at radius 2 is 1.56 bits per heavy atom. The fourth-order valence-corrected chi connectivity index (χ4v) is 4.62. The van der Waals surface area contributed by atoms with E-state index in [1.54, 1.807) is 10.6 Å². The van der Waals surface area contributed by atoms with E-state index in [1.807, 2.05) is 84.9 Å². The highest BCUT2D eigenvalue weighted by atomic mass is 16.4. The van der Waals surface area contributed by atoms with Gasteiger partial charge in [0.1, 0.15) is 5.65 Å². The molecule has 5 nitrogen and oxygen atoms in total. The van der Waals surface area contributed by atoms with E-state index in [9.17, 15) is 4.79 Å². The van der Waals surface area contributed by atoms with Crippen molar-refractivity contribution >= 4 is 38.2 Å². The van der Waals surface area contributed by atoms with Crippen LogP contribution in [0.25, 0.3) is 61.0 Å². The average Bonchev–Trinajstić information content (AvgIpc) is 3.48. The summed E-state index contributed by atoms with van der Waals surface area (Å²) in [6.45, 7) is 0. The lowest BCUT2D eigenvalue weighted by molar-refractivity contribution is 0.589. The molecule has 0 aliphatic heterocycles. The number of aromatic nitrogens is 3. The molecule has 0 aliphatic rings. The Morgan fingerprint density at radius 1 is 0.750 bits per heavy atom. The first-order valence-electron chi connectivity index (χ1n) is 10.4. The van der Waals surface area contributed by atoms with Gasteiger partial charge in [-0.05, 0) is 35.7 Å². The number of pyridine rings is 1. The molecule has 0 bridgehead atoms. The van der Waals surface area contributed by atoms with Gasteiger partial charge in [-0.1, -0.05) is 54.6 Å². The lowest BCUT2D eigenvalue weighted by Crippen LogP contribution is -2.13. The molecule has 5 heteroatoms. The molecular weight excluding hydrogens is 398 g/mol. The molecule has 0 atom stereocenters. The Labute approximate surface area is 181 Å². The zero-order valence-electron chi connectivity index (χ0n) is 16.8. The van der Waals surface area contributed by atoms with Crippen LogP contribution in [0.5, 0.6) is 0 Å². The predicted octanol–water partition coefficient (Wildman–Crippen LogP) is 5.91. The van der Waals surface area contributed by atoms with Gasteiger partial charge < -0.3 is 4.42 Å². The van der Waals surface area contributed by atoms with Gasteiger partial charge in [0.05, 0.1) is 17.2 Å². The Bertz CT molecular complexity index is 1850. The standard InChI is InChI=1S/C27H15N3O2/c31-27-20-10-6-9-17-18(26-28-15-23(32-26)16-7-2-1-3-8-16)13-14-19(24(17)20)25-29-21-11-4-5-12-22(21)30(25)27/h1-15H. The third-order valence-electron chi connectivity index (χ3n) is 6.07. The first kappa shape index (κ1) is 17.2. The monoisotopic (exact) mass is 413 g/mol. The molecule has 150 valence electrons. The normalized spacial score (nSPS) is 11.9. The van der Waals surface area contributed by atoms with E-state index in [0.717, 1.165) is 38.3 Å². The first-order valence-corrected chi connectivity index (χ1v) is 10.4. The van der Waals surface area contributed by atoms with Gasteiger partial charge in [-0.2, -0.15) is 0 Å². The lowest BCUT2D eigenvalue weighted by atomic mass is 9.98. The largest absolute Gasteiger partial charge is 0.436 e. The molecule has 7 rings (SSSR count). The Morgan fingerprint density at radius 3 is 2.47 bits per heavy atom. The van der Waals surface area contributed by atoms with E-state index in [0.29, 0.717) is 22.7 Å². The highest BCUT2D eigenvalue weighted by Gasteiger charge is 2.19. The molecule has 0 fully saturated rings. The molecule has 0 spiro atoms. The number of hydrogen-bond acceptors (Lipinski definition) is 4. The number of fused-ring (bicyclic) bond motifs is 4. The minimum Gasteiger partial charge on any atom is -0.436 e. The van der Waals surface area contributed by atoms with Crippen molar-refractivity contribution in [3.05, 3.63) is 101 Å². The number of oxazole rings is 1. The summed E-state index contributed by atoms with van der Waals surface area (Å²) in [5.74, 6) is 1.23. The van der Waals surface area contributed by atoms with Crippen molar-refractivity contribution in [2.45, 2.75) is 0 Å². The fourth-order valence-electron chi connectivity index (χ4n) is 4.62. The molecule has 0 aliphatic carbocycles. The van der Waals surface area contributed by atoms with Crippen molar-refractivity contribution in [2.24, 2.45) is 0 Å². The van der Waals surface area contributed by atoms with Crippen LogP contribution in [0.15, 0.2) is 100 Å². The van der Waals surface area contributed by atoms with E-state index >= 15 is 0 Å². The number of benzene rings is 4.